The van der Waals surface area contributed by atoms with Gasteiger partial charge in [0.05, 0.1) is 54.0 Å². The number of likely N-dealkylation sites (N-methyl/N-ethyl adjacent to an activating group) is 2. The van der Waals surface area contributed by atoms with Crippen LogP contribution in [-0.2, 0) is 9.59 Å². The zero-order valence-electron chi connectivity index (χ0n) is 31.3. The second kappa shape index (κ2) is 15.9. The van der Waals surface area contributed by atoms with Gasteiger partial charge in [0.25, 0.3) is 0 Å². The molecule has 1 aliphatic heterocycles. The number of aromatic nitrogens is 6. The van der Waals surface area contributed by atoms with Crippen molar-refractivity contribution >= 4 is 11.8 Å². The molecule has 3 aromatic carbocycles. The molecule has 1 saturated heterocycles. The summed E-state index contributed by atoms with van der Waals surface area (Å²) < 4.78 is 0. The van der Waals surface area contributed by atoms with Gasteiger partial charge in [0.2, 0.25) is 11.8 Å². The number of benzene rings is 3. The third kappa shape index (κ3) is 7.71. The molecule has 4 heterocycles. The Morgan fingerprint density at radius 2 is 1.30 bits per heavy atom. The normalized spacial score (nSPS) is 16.1. The molecule has 3 N–H and O–H groups in total. The van der Waals surface area contributed by atoms with Crippen LogP contribution in [0.2, 0.25) is 0 Å². The van der Waals surface area contributed by atoms with E-state index >= 15 is 0 Å². The lowest BCUT2D eigenvalue weighted by Crippen LogP contribution is -2.40. The molecule has 0 saturated carbocycles. The van der Waals surface area contributed by atoms with Crippen LogP contribution in [0.15, 0.2) is 110 Å². The number of nitrogens with zero attached hydrogens (tertiary/aromatic N) is 7. The Morgan fingerprint density at radius 3 is 1.93 bits per heavy atom. The van der Waals surface area contributed by atoms with Crippen molar-refractivity contribution in [3.05, 3.63) is 132 Å². The van der Waals surface area contributed by atoms with E-state index in [1.54, 1.807) is 18.6 Å². The van der Waals surface area contributed by atoms with Gasteiger partial charge < -0.3 is 20.2 Å². The van der Waals surface area contributed by atoms with Gasteiger partial charge in [-0.2, -0.15) is 0 Å². The van der Waals surface area contributed by atoms with E-state index in [0.717, 1.165) is 52.3 Å². The Bertz CT molecular complexity index is 2160. The number of nitrogens with one attached hydrogen (secondary N) is 3. The van der Waals surface area contributed by atoms with Crippen LogP contribution in [-0.4, -0.2) is 91.2 Å². The molecule has 6 aromatic rings. The first-order chi connectivity index (χ1) is 26.2. The van der Waals surface area contributed by atoms with Crippen molar-refractivity contribution in [3.63, 3.8) is 0 Å². The lowest BCUT2D eigenvalue weighted by molar-refractivity contribution is -0.137. The first-order valence-electron chi connectivity index (χ1n) is 18.2. The molecule has 4 atom stereocenters. The number of hydrogen-bond donors (Lipinski definition) is 3. The fourth-order valence-electron chi connectivity index (χ4n) is 7.23. The molecule has 12 nitrogen and oxygen atoms in total. The summed E-state index contributed by atoms with van der Waals surface area (Å²) in [6, 6.07) is 26.5. The molecule has 2 amide bonds. The number of aromatic amines is 2. The van der Waals surface area contributed by atoms with E-state index in [9.17, 15) is 9.59 Å². The lowest BCUT2D eigenvalue weighted by Gasteiger charge is -2.31. The SMILES string of the molecule is CC(NC(=O)[C@@H](c1ccccc1)N(C)C)c1ncc(-c2cnc(-c3ccc(-c4cnc(C5CCCN5C(=O)C(c5ccccc5)N(C)C)[nH]4)cc3)cn2)[nH]1. The summed E-state index contributed by atoms with van der Waals surface area (Å²) in [5.41, 5.74) is 6.81. The molecule has 0 radical (unpaired) electrons. The van der Waals surface area contributed by atoms with E-state index in [1.807, 2.05) is 141 Å². The smallest absolute Gasteiger partial charge is 0.245 e. The van der Waals surface area contributed by atoms with Crippen LogP contribution in [0, 0.1) is 0 Å². The molecule has 0 aliphatic carbocycles. The predicted octanol–water partition coefficient (Wildman–Crippen LogP) is 6.37. The van der Waals surface area contributed by atoms with Crippen molar-refractivity contribution in [2.75, 3.05) is 34.7 Å². The monoisotopic (exact) mass is 722 g/mol. The Hall–Kier alpha value is -5.98. The van der Waals surface area contributed by atoms with Crippen LogP contribution in [0.4, 0.5) is 0 Å². The maximum Gasteiger partial charge on any atom is 0.245 e. The molecule has 276 valence electrons. The summed E-state index contributed by atoms with van der Waals surface area (Å²) in [7, 11) is 7.68. The number of amides is 2. The molecule has 1 aliphatic rings. The first kappa shape index (κ1) is 36.4. The molecule has 3 aromatic heterocycles. The zero-order chi connectivity index (χ0) is 37.8. The summed E-state index contributed by atoms with van der Waals surface area (Å²) in [4.78, 5) is 58.4. The predicted molar refractivity (Wildman–Crippen MR) is 209 cm³/mol. The number of imidazole rings is 2. The van der Waals surface area contributed by atoms with Crippen LogP contribution in [0.3, 0.4) is 0 Å². The van der Waals surface area contributed by atoms with Gasteiger partial charge in [-0.1, -0.05) is 84.9 Å². The number of hydrogen-bond acceptors (Lipinski definition) is 8. The summed E-state index contributed by atoms with van der Waals surface area (Å²) in [5, 5.41) is 3.09. The van der Waals surface area contributed by atoms with E-state index in [4.69, 9.17) is 4.98 Å². The number of H-pyrrole nitrogens is 2. The standard InChI is InChI=1S/C42H46N10O2/c1-27(47-41(53)37(50(2)3)30-13-8-6-9-14-30)39-45-26-35(49-39)34-25-43-32(23-44-34)28-18-20-29(21-19-28)33-24-46-40(48-33)36-17-12-22-52(36)42(54)38(51(4)5)31-15-10-7-11-16-31/h6-11,13-16,18-21,23-27,36-38H,12,17,22H2,1-5H3,(H,45,49)(H,46,48)(H,47,53)/t27?,36?,37-,38?/m1/s1. The van der Waals surface area contributed by atoms with Gasteiger partial charge in [-0.05, 0) is 64.6 Å². The van der Waals surface area contributed by atoms with Gasteiger partial charge in [0.1, 0.15) is 29.4 Å². The highest BCUT2D eigenvalue weighted by atomic mass is 16.2. The highest BCUT2D eigenvalue weighted by Crippen LogP contribution is 2.35. The van der Waals surface area contributed by atoms with E-state index in [0.29, 0.717) is 23.8 Å². The molecule has 7 rings (SSSR count). The Balaban J connectivity index is 0.992. The summed E-state index contributed by atoms with van der Waals surface area (Å²) in [6.07, 6.45) is 8.81. The van der Waals surface area contributed by atoms with E-state index < -0.39 is 6.04 Å². The highest BCUT2D eigenvalue weighted by Gasteiger charge is 2.37. The van der Waals surface area contributed by atoms with Crippen molar-refractivity contribution in [2.24, 2.45) is 0 Å². The molecule has 12 heteroatoms. The Kier molecular flexibility index (Phi) is 10.7. The highest BCUT2D eigenvalue weighted by molar-refractivity contribution is 5.84. The van der Waals surface area contributed by atoms with Crippen molar-refractivity contribution in [2.45, 2.75) is 43.9 Å². The average molecular weight is 723 g/mol. The molecule has 54 heavy (non-hydrogen) atoms. The van der Waals surface area contributed by atoms with Gasteiger partial charge in [-0.3, -0.25) is 29.4 Å². The van der Waals surface area contributed by atoms with Crippen LogP contribution < -0.4 is 5.32 Å². The fourth-order valence-corrected chi connectivity index (χ4v) is 7.23. The maximum atomic E-state index is 13.9. The molecule has 0 bridgehead atoms. The minimum absolute atomic E-state index is 0.0898. The minimum Gasteiger partial charge on any atom is -0.345 e. The molecular weight excluding hydrogens is 677 g/mol. The van der Waals surface area contributed by atoms with Crippen molar-refractivity contribution in [3.8, 4) is 33.9 Å². The Labute approximate surface area is 315 Å². The zero-order valence-corrected chi connectivity index (χ0v) is 31.3. The number of carbonyl (C=O) groups excluding carboxylic acids is 2. The number of likely N-dealkylation sites (tertiary alicyclic amines) is 1. The second-order valence-corrected chi connectivity index (χ2v) is 14.2. The lowest BCUT2D eigenvalue weighted by atomic mass is 10.0. The second-order valence-electron chi connectivity index (χ2n) is 14.2. The van der Waals surface area contributed by atoms with Crippen LogP contribution in [0.5, 0.6) is 0 Å². The first-order valence-corrected chi connectivity index (χ1v) is 18.2. The van der Waals surface area contributed by atoms with Gasteiger partial charge in [0, 0.05) is 12.1 Å². The minimum atomic E-state index is -0.422. The van der Waals surface area contributed by atoms with Crippen LogP contribution in [0.1, 0.15) is 66.7 Å². The molecule has 3 unspecified atom stereocenters. The fraction of sp³-hybridized carbons (Fsp3) is 0.286. The van der Waals surface area contributed by atoms with E-state index in [2.05, 4.69) is 30.2 Å². The van der Waals surface area contributed by atoms with Crippen molar-refractivity contribution < 1.29 is 9.59 Å². The maximum absolute atomic E-state index is 13.9. The van der Waals surface area contributed by atoms with Crippen molar-refractivity contribution in [1.29, 1.82) is 0 Å². The largest absolute Gasteiger partial charge is 0.345 e. The van der Waals surface area contributed by atoms with E-state index in [-0.39, 0.29) is 29.9 Å². The summed E-state index contributed by atoms with van der Waals surface area (Å²) >= 11 is 0. The van der Waals surface area contributed by atoms with Crippen LogP contribution in [0.25, 0.3) is 33.9 Å². The van der Waals surface area contributed by atoms with Gasteiger partial charge in [-0.15, -0.1) is 0 Å². The summed E-state index contributed by atoms with van der Waals surface area (Å²) in [5.74, 6) is 1.41. The number of rotatable bonds is 12. The third-order valence-electron chi connectivity index (χ3n) is 9.98. The third-order valence-corrected chi connectivity index (χ3v) is 9.98. The van der Waals surface area contributed by atoms with Crippen molar-refractivity contribution in [1.82, 2.24) is 49.9 Å². The molecule has 0 spiro atoms. The molecule has 1 fully saturated rings. The quantitative estimate of drug-likeness (QED) is 0.133. The topological polar surface area (TPSA) is 139 Å². The number of carbonyl (C=O) groups is 2. The van der Waals surface area contributed by atoms with E-state index in [1.165, 1.54) is 0 Å². The average Bonchev–Trinajstić information content (AvgIpc) is 3.98. The van der Waals surface area contributed by atoms with Gasteiger partial charge in [-0.25, -0.2) is 9.97 Å². The molecular formula is C42H46N10O2. The Morgan fingerprint density at radius 1 is 0.704 bits per heavy atom. The van der Waals surface area contributed by atoms with Crippen LogP contribution >= 0.6 is 0 Å². The van der Waals surface area contributed by atoms with Gasteiger partial charge >= 0.3 is 0 Å². The summed E-state index contributed by atoms with van der Waals surface area (Å²) in [6.45, 7) is 2.61. The van der Waals surface area contributed by atoms with Gasteiger partial charge in [0.15, 0.2) is 0 Å².